The minimum Gasteiger partial charge on any atom is -0.379 e. The minimum atomic E-state index is -4.28. The highest BCUT2D eigenvalue weighted by Gasteiger charge is 2.57. The summed E-state index contributed by atoms with van der Waals surface area (Å²) in [7, 11) is 0. The monoisotopic (exact) mass is 261 g/mol. The average molecular weight is 261 g/mol. The molecule has 2 nitrogen and oxygen atoms in total. The van der Waals surface area contributed by atoms with Gasteiger partial charge in [-0.15, -0.1) is 0 Å². The number of hydrogen-bond acceptors (Lipinski definition) is 2. The molecule has 18 heavy (non-hydrogen) atoms. The van der Waals surface area contributed by atoms with Gasteiger partial charge < -0.3 is 4.74 Å². The quantitative estimate of drug-likeness (QED) is 0.843. The van der Waals surface area contributed by atoms with Crippen molar-refractivity contribution in [3.63, 3.8) is 0 Å². The number of alkyl halides is 3. The zero-order chi connectivity index (χ0) is 13.2. The highest BCUT2D eigenvalue weighted by atomic mass is 19.4. The second-order valence-electron chi connectivity index (χ2n) is 4.93. The first-order valence-electron chi connectivity index (χ1n) is 6.23. The van der Waals surface area contributed by atoms with E-state index >= 15 is 0 Å². The first-order valence-corrected chi connectivity index (χ1v) is 6.23. The van der Waals surface area contributed by atoms with Crippen molar-refractivity contribution in [3.8, 4) is 0 Å². The predicted molar refractivity (Wildman–Crippen MR) is 63.3 cm³/mol. The summed E-state index contributed by atoms with van der Waals surface area (Å²) in [5.41, 5.74) is -0.963. The molecular formula is C13H18F3NO. The van der Waals surface area contributed by atoms with Crippen LogP contribution in [0.25, 0.3) is 0 Å². The number of allylic oxidation sites excluding steroid dienone is 2. The van der Waals surface area contributed by atoms with Gasteiger partial charge in [0.25, 0.3) is 0 Å². The molecule has 1 heterocycles. The molecule has 0 aromatic rings. The third-order valence-electron chi connectivity index (χ3n) is 3.58. The molecular weight excluding hydrogens is 243 g/mol. The van der Waals surface area contributed by atoms with E-state index in [1.54, 1.807) is 6.92 Å². The van der Waals surface area contributed by atoms with Gasteiger partial charge in [-0.05, 0) is 25.3 Å². The Balaban J connectivity index is 2.10. The zero-order valence-electron chi connectivity index (χ0n) is 10.4. The van der Waals surface area contributed by atoms with Gasteiger partial charge in [-0.3, -0.25) is 5.32 Å². The zero-order valence-corrected chi connectivity index (χ0v) is 10.4. The van der Waals surface area contributed by atoms with Crippen LogP contribution in [0.2, 0.25) is 0 Å². The Bertz CT molecular complexity index is 354. The van der Waals surface area contributed by atoms with E-state index in [9.17, 15) is 13.2 Å². The standard InChI is InChI=1S/C13H18F3NO/c1-10(11-5-3-2-4-6-11)17-12(13(14,15)16)7-8-18-9-12/h3,5-6,10,17H,2,4,7-9H2,1H3/t10-,12?/m0/s1. The Kier molecular flexibility index (Phi) is 3.82. The second-order valence-corrected chi connectivity index (χ2v) is 4.93. The lowest BCUT2D eigenvalue weighted by molar-refractivity contribution is -0.197. The number of hydrogen-bond donors (Lipinski definition) is 1. The molecule has 102 valence electrons. The minimum absolute atomic E-state index is 0.0160. The molecule has 2 rings (SSSR count). The smallest absolute Gasteiger partial charge is 0.379 e. The topological polar surface area (TPSA) is 21.3 Å². The summed E-state index contributed by atoms with van der Waals surface area (Å²) in [4.78, 5) is 0. The van der Waals surface area contributed by atoms with Crippen LogP contribution in [0.1, 0.15) is 26.2 Å². The van der Waals surface area contributed by atoms with E-state index in [-0.39, 0.29) is 25.7 Å². The molecule has 2 atom stereocenters. The van der Waals surface area contributed by atoms with Crippen molar-refractivity contribution >= 4 is 0 Å². The molecule has 2 aliphatic rings. The normalized spacial score (nSPS) is 30.3. The van der Waals surface area contributed by atoms with E-state index < -0.39 is 11.7 Å². The highest BCUT2D eigenvalue weighted by molar-refractivity contribution is 5.27. The number of rotatable bonds is 3. The van der Waals surface area contributed by atoms with Crippen LogP contribution in [-0.2, 0) is 4.74 Å². The van der Waals surface area contributed by atoms with Gasteiger partial charge in [-0.2, -0.15) is 13.2 Å². The van der Waals surface area contributed by atoms with E-state index in [4.69, 9.17) is 4.74 Å². The van der Waals surface area contributed by atoms with Crippen molar-refractivity contribution in [1.29, 1.82) is 0 Å². The van der Waals surface area contributed by atoms with Gasteiger partial charge in [-0.1, -0.05) is 18.2 Å². The van der Waals surface area contributed by atoms with Crippen LogP contribution in [-0.4, -0.2) is 31.0 Å². The number of ether oxygens (including phenoxy) is 1. The summed E-state index contributed by atoms with van der Waals surface area (Å²) in [6.07, 6.45) is 3.46. The summed E-state index contributed by atoms with van der Waals surface area (Å²) < 4.78 is 44.4. The Morgan fingerprint density at radius 3 is 2.67 bits per heavy atom. The van der Waals surface area contributed by atoms with Crippen molar-refractivity contribution in [2.24, 2.45) is 0 Å². The Hall–Kier alpha value is -0.810. The van der Waals surface area contributed by atoms with E-state index in [2.05, 4.69) is 5.32 Å². The van der Waals surface area contributed by atoms with Crippen molar-refractivity contribution in [2.75, 3.05) is 13.2 Å². The van der Waals surface area contributed by atoms with Crippen LogP contribution >= 0.6 is 0 Å². The van der Waals surface area contributed by atoms with Gasteiger partial charge in [0.05, 0.1) is 6.61 Å². The maximum Gasteiger partial charge on any atom is 0.408 e. The van der Waals surface area contributed by atoms with Crippen molar-refractivity contribution in [3.05, 3.63) is 23.8 Å². The lowest BCUT2D eigenvalue weighted by Gasteiger charge is -2.35. The molecule has 1 saturated heterocycles. The Morgan fingerprint density at radius 2 is 2.17 bits per heavy atom. The van der Waals surface area contributed by atoms with E-state index in [0.29, 0.717) is 0 Å². The van der Waals surface area contributed by atoms with Crippen LogP contribution < -0.4 is 5.32 Å². The molecule has 0 aromatic carbocycles. The lowest BCUT2D eigenvalue weighted by atomic mass is 9.93. The van der Waals surface area contributed by atoms with E-state index in [1.165, 1.54) is 0 Å². The van der Waals surface area contributed by atoms with Crippen molar-refractivity contribution in [1.82, 2.24) is 5.32 Å². The second kappa shape index (κ2) is 5.05. The van der Waals surface area contributed by atoms with Crippen LogP contribution in [0.3, 0.4) is 0 Å². The van der Waals surface area contributed by atoms with Gasteiger partial charge in [0.1, 0.15) is 5.54 Å². The van der Waals surface area contributed by atoms with Crippen LogP contribution in [0.15, 0.2) is 23.8 Å². The summed E-state index contributed by atoms with van der Waals surface area (Å²) in [6.45, 7) is 1.64. The van der Waals surface area contributed by atoms with E-state index in [0.717, 1.165) is 18.4 Å². The molecule has 0 spiro atoms. The Labute approximate surface area is 105 Å². The predicted octanol–water partition coefficient (Wildman–Crippen LogP) is 2.96. The van der Waals surface area contributed by atoms with Crippen LogP contribution in [0.4, 0.5) is 13.2 Å². The molecule has 1 fully saturated rings. The molecule has 0 saturated carbocycles. The SMILES string of the molecule is C[C@H](NC1(C(F)(F)F)CCOC1)C1=CCCC=C1. The van der Waals surface area contributed by atoms with Gasteiger partial charge in [0, 0.05) is 19.1 Å². The molecule has 1 aliphatic carbocycles. The van der Waals surface area contributed by atoms with E-state index in [1.807, 2.05) is 18.2 Å². The fourth-order valence-electron chi connectivity index (χ4n) is 2.44. The molecule has 1 unspecified atom stereocenters. The largest absolute Gasteiger partial charge is 0.408 e. The fraction of sp³-hybridized carbons (Fsp3) is 0.692. The number of halogens is 3. The van der Waals surface area contributed by atoms with Crippen molar-refractivity contribution < 1.29 is 17.9 Å². The highest BCUT2D eigenvalue weighted by Crippen LogP contribution is 2.37. The van der Waals surface area contributed by atoms with Crippen LogP contribution in [0, 0.1) is 0 Å². The third-order valence-corrected chi connectivity index (χ3v) is 3.58. The van der Waals surface area contributed by atoms with Gasteiger partial charge in [-0.25, -0.2) is 0 Å². The van der Waals surface area contributed by atoms with Gasteiger partial charge in [0.15, 0.2) is 0 Å². The first kappa shape index (κ1) is 13.6. The fourth-order valence-corrected chi connectivity index (χ4v) is 2.44. The summed E-state index contributed by atoms with van der Waals surface area (Å²) in [5.74, 6) is 0. The molecule has 1 N–H and O–H groups in total. The molecule has 0 amide bonds. The van der Waals surface area contributed by atoms with Crippen molar-refractivity contribution in [2.45, 2.75) is 43.9 Å². The summed E-state index contributed by atoms with van der Waals surface area (Å²) in [5, 5.41) is 2.73. The van der Waals surface area contributed by atoms with Crippen LogP contribution in [0.5, 0.6) is 0 Å². The first-order chi connectivity index (χ1) is 8.45. The summed E-state index contributed by atoms with van der Waals surface area (Å²) >= 11 is 0. The maximum absolute atomic E-state index is 13.2. The number of nitrogens with one attached hydrogen (secondary N) is 1. The molecule has 0 bridgehead atoms. The molecule has 1 aliphatic heterocycles. The third kappa shape index (κ3) is 2.62. The molecule has 0 radical (unpaired) electrons. The molecule has 0 aromatic heterocycles. The van der Waals surface area contributed by atoms with Gasteiger partial charge in [0.2, 0.25) is 0 Å². The Morgan fingerprint density at radius 1 is 1.39 bits per heavy atom. The molecule has 5 heteroatoms. The summed E-state index contributed by atoms with van der Waals surface area (Å²) in [6, 6.07) is -0.315. The lowest BCUT2D eigenvalue weighted by Crippen LogP contribution is -2.60. The maximum atomic E-state index is 13.2. The average Bonchev–Trinajstić information content (AvgIpc) is 2.79. The van der Waals surface area contributed by atoms with Gasteiger partial charge >= 0.3 is 6.18 Å².